The smallest absolute Gasteiger partial charge is 0.241 e. The van der Waals surface area contributed by atoms with Crippen LogP contribution >= 0.6 is 0 Å². The van der Waals surface area contributed by atoms with E-state index in [4.69, 9.17) is 0 Å². The Bertz CT molecular complexity index is 355. The van der Waals surface area contributed by atoms with Gasteiger partial charge in [-0.05, 0) is 37.0 Å². The summed E-state index contributed by atoms with van der Waals surface area (Å²) in [5.41, 5.74) is 0. The Morgan fingerprint density at radius 2 is 2.00 bits per heavy atom. The first-order chi connectivity index (χ1) is 9.95. The highest BCUT2D eigenvalue weighted by Gasteiger charge is 2.44. The number of nitrogens with one attached hydrogen (secondary N) is 1. The molecular weight excluding hydrogens is 260 g/mol. The van der Waals surface area contributed by atoms with Crippen LogP contribution in [0.4, 0.5) is 0 Å². The lowest BCUT2D eigenvalue weighted by atomic mass is 9.77. The zero-order valence-electron chi connectivity index (χ0n) is 14.6. The molecule has 1 saturated heterocycles. The van der Waals surface area contributed by atoms with Crippen LogP contribution < -0.4 is 5.32 Å². The molecule has 3 nitrogen and oxygen atoms in total. The summed E-state index contributed by atoms with van der Waals surface area (Å²) in [6.45, 7) is 11.4. The molecule has 1 amide bonds. The fraction of sp³-hybridized carbons (Fsp3) is 0.944. The number of rotatable bonds is 5. The molecule has 2 aliphatic rings. The van der Waals surface area contributed by atoms with Crippen LogP contribution in [0.25, 0.3) is 0 Å². The van der Waals surface area contributed by atoms with Crippen LogP contribution in [0.2, 0.25) is 0 Å². The molecule has 0 radical (unpaired) electrons. The SMILES string of the molecule is CCCC1NC(CC(C)C)N(C2CCCC(C)C2C)C1=O. The van der Waals surface area contributed by atoms with Gasteiger partial charge in [0.05, 0.1) is 12.2 Å². The molecule has 0 aromatic heterocycles. The van der Waals surface area contributed by atoms with E-state index < -0.39 is 0 Å². The highest BCUT2D eigenvalue weighted by atomic mass is 16.2. The fourth-order valence-electron chi connectivity index (χ4n) is 4.18. The molecule has 0 bridgehead atoms. The molecule has 1 aliphatic heterocycles. The number of carbonyl (C=O) groups excluding carboxylic acids is 1. The van der Waals surface area contributed by atoms with E-state index in [-0.39, 0.29) is 12.2 Å². The Morgan fingerprint density at radius 3 is 2.62 bits per heavy atom. The van der Waals surface area contributed by atoms with E-state index in [1.807, 2.05) is 0 Å². The molecule has 3 heteroatoms. The van der Waals surface area contributed by atoms with Crippen LogP contribution in [0, 0.1) is 17.8 Å². The summed E-state index contributed by atoms with van der Waals surface area (Å²) >= 11 is 0. The van der Waals surface area contributed by atoms with Gasteiger partial charge < -0.3 is 4.90 Å². The van der Waals surface area contributed by atoms with Gasteiger partial charge in [0.2, 0.25) is 5.91 Å². The summed E-state index contributed by atoms with van der Waals surface area (Å²) in [7, 11) is 0. The molecule has 5 atom stereocenters. The highest BCUT2D eigenvalue weighted by molar-refractivity contribution is 5.84. The van der Waals surface area contributed by atoms with Gasteiger partial charge in [-0.2, -0.15) is 0 Å². The maximum Gasteiger partial charge on any atom is 0.241 e. The average Bonchev–Trinajstić information content (AvgIpc) is 2.70. The summed E-state index contributed by atoms with van der Waals surface area (Å²) < 4.78 is 0. The summed E-state index contributed by atoms with van der Waals surface area (Å²) in [6.07, 6.45) is 7.15. The highest BCUT2D eigenvalue weighted by Crippen LogP contribution is 2.36. The zero-order chi connectivity index (χ0) is 15.6. The van der Waals surface area contributed by atoms with Crippen molar-refractivity contribution in [1.82, 2.24) is 10.2 Å². The number of amides is 1. The first-order valence-electron chi connectivity index (χ1n) is 9.03. The van der Waals surface area contributed by atoms with Crippen molar-refractivity contribution in [2.45, 2.75) is 91.4 Å². The predicted molar refractivity (Wildman–Crippen MR) is 87.9 cm³/mol. The van der Waals surface area contributed by atoms with E-state index >= 15 is 0 Å². The van der Waals surface area contributed by atoms with E-state index in [0.717, 1.165) is 25.2 Å². The van der Waals surface area contributed by atoms with Gasteiger partial charge in [0.15, 0.2) is 0 Å². The molecule has 2 rings (SSSR count). The normalized spacial score (nSPS) is 37.5. The second-order valence-corrected chi connectivity index (χ2v) is 7.73. The molecular formula is C18H34N2O. The average molecular weight is 294 g/mol. The second-order valence-electron chi connectivity index (χ2n) is 7.73. The lowest BCUT2D eigenvalue weighted by Crippen LogP contribution is -2.50. The summed E-state index contributed by atoms with van der Waals surface area (Å²) in [5, 5.41) is 3.63. The second kappa shape index (κ2) is 7.13. The zero-order valence-corrected chi connectivity index (χ0v) is 14.6. The van der Waals surface area contributed by atoms with E-state index in [2.05, 4.69) is 44.8 Å². The van der Waals surface area contributed by atoms with Crippen molar-refractivity contribution in [3.05, 3.63) is 0 Å². The summed E-state index contributed by atoms with van der Waals surface area (Å²) in [4.78, 5) is 15.2. The molecule has 1 N–H and O–H groups in total. The largest absolute Gasteiger partial charge is 0.323 e. The van der Waals surface area contributed by atoms with Crippen LogP contribution in [0.1, 0.15) is 73.1 Å². The van der Waals surface area contributed by atoms with Crippen molar-refractivity contribution in [3.8, 4) is 0 Å². The maximum atomic E-state index is 12.9. The third kappa shape index (κ3) is 3.61. The Hall–Kier alpha value is -0.570. The van der Waals surface area contributed by atoms with Crippen LogP contribution in [-0.2, 0) is 4.79 Å². The lowest BCUT2D eigenvalue weighted by molar-refractivity contribution is -0.135. The number of carbonyl (C=O) groups is 1. The Labute approximate surface area is 130 Å². The predicted octanol–water partition coefficient (Wildman–Crippen LogP) is 3.78. The molecule has 5 unspecified atom stereocenters. The minimum Gasteiger partial charge on any atom is -0.323 e. The Balaban J connectivity index is 2.17. The third-order valence-corrected chi connectivity index (χ3v) is 5.58. The Kier molecular flexibility index (Phi) is 5.70. The molecule has 2 fully saturated rings. The van der Waals surface area contributed by atoms with E-state index in [9.17, 15) is 4.79 Å². The number of nitrogens with zero attached hydrogens (tertiary/aromatic N) is 1. The van der Waals surface area contributed by atoms with Crippen molar-refractivity contribution in [2.75, 3.05) is 0 Å². The molecule has 0 spiro atoms. The van der Waals surface area contributed by atoms with Gasteiger partial charge in [0.1, 0.15) is 0 Å². The lowest BCUT2D eigenvalue weighted by Gasteiger charge is -2.42. The molecule has 1 aliphatic carbocycles. The van der Waals surface area contributed by atoms with Gasteiger partial charge in [0, 0.05) is 6.04 Å². The van der Waals surface area contributed by atoms with Crippen molar-refractivity contribution >= 4 is 5.91 Å². The van der Waals surface area contributed by atoms with Gasteiger partial charge in [0.25, 0.3) is 0 Å². The Morgan fingerprint density at radius 1 is 1.29 bits per heavy atom. The minimum absolute atomic E-state index is 0.0585. The van der Waals surface area contributed by atoms with Crippen molar-refractivity contribution < 1.29 is 4.79 Å². The summed E-state index contributed by atoms with van der Waals surface area (Å²) in [5.74, 6) is 2.35. The number of hydrogen-bond donors (Lipinski definition) is 1. The monoisotopic (exact) mass is 294 g/mol. The quantitative estimate of drug-likeness (QED) is 0.837. The molecule has 21 heavy (non-hydrogen) atoms. The van der Waals surface area contributed by atoms with Crippen LogP contribution in [0.5, 0.6) is 0 Å². The molecule has 1 saturated carbocycles. The third-order valence-electron chi connectivity index (χ3n) is 5.58. The molecule has 0 aromatic rings. The van der Waals surface area contributed by atoms with E-state index in [1.54, 1.807) is 0 Å². The van der Waals surface area contributed by atoms with Crippen molar-refractivity contribution in [2.24, 2.45) is 17.8 Å². The van der Waals surface area contributed by atoms with Gasteiger partial charge in [-0.3, -0.25) is 10.1 Å². The standard InChI is InChI=1S/C18H34N2O/c1-6-8-15-18(21)20(17(19-15)11-12(2)3)16-10-7-9-13(4)14(16)5/h12-17,19H,6-11H2,1-5H3. The van der Waals surface area contributed by atoms with Crippen LogP contribution in [0.15, 0.2) is 0 Å². The van der Waals surface area contributed by atoms with E-state index in [0.29, 0.717) is 23.8 Å². The van der Waals surface area contributed by atoms with Gasteiger partial charge in [-0.25, -0.2) is 0 Å². The van der Waals surface area contributed by atoms with Crippen molar-refractivity contribution in [1.29, 1.82) is 0 Å². The van der Waals surface area contributed by atoms with Crippen molar-refractivity contribution in [3.63, 3.8) is 0 Å². The fourth-order valence-corrected chi connectivity index (χ4v) is 4.18. The van der Waals surface area contributed by atoms with Gasteiger partial charge in [-0.1, -0.05) is 53.9 Å². The first kappa shape index (κ1) is 16.8. The molecule has 122 valence electrons. The maximum absolute atomic E-state index is 12.9. The first-order valence-corrected chi connectivity index (χ1v) is 9.03. The van der Waals surface area contributed by atoms with Gasteiger partial charge in [-0.15, -0.1) is 0 Å². The molecule has 0 aromatic carbocycles. The summed E-state index contributed by atoms with van der Waals surface area (Å²) in [6, 6.07) is 0.502. The number of hydrogen-bond acceptors (Lipinski definition) is 2. The minimum atomic E-state index is 0.0585. The van der Waals surface area contributed by atoms with E-state index in [1.165, 1.54) is 19.3 Å². The van der Waals surface area contributed by atoms with Gasteiger partial charge >= 0.3 is 0 Å². The van der Waals surface area contributed by atoms with Crippen LogP contribution in [0.3, 0.4) is 0 Å². The molecule has 1 heterocycles. The van der Waals surface area contributed by atoms with Crippen LogP contribution in [-0.4, -0.2) is 29.1 Å². The topological polar surface area (TPSA) is 32.3 Å².